The molecule has 2 aromatic carbocycles. The van der Waals surface area contributed by atoms with Gasteiger partial charge in [-0.3, -0.25) is 4.79 Å². The van der Waals surface area contributed by atoms with Gasteiger partial charge >= 0.3 is 0 Å². The molecule has 110 valence electrons. The van der Waals surface area contributed by atoms with Crippen LogP contribution in [-0.2, 0) is 4.79 Å². The van der Waals surface area contributed by atoms with E-state index in [0.717, 1.165) is 16.8 Å². The van der Waals surface area contributed by atoms with E-state index >= 15 is 0 Å². The first kappa shape index (κ1) is 15.7. The minimum Gasteiger partial charge on any atom is -0.482 e. The average Bonchev–Trinajstić information content (AvgIpc) is 2.41. The predicted octanol–water partition coefficient (Wildman–Crippen LogP) is 4.63. The van der Waals surface area contributed by atoms with Gasteiger partial charge in [0.15, 0.2) is 6.61 Å². The Hall–Kier alpha value is -1.71. The molecule has 0 bridgehead atoms. The fraction of sp³-hybridized carbons (Fsp3) is 0.188. The number of nitrogens with one attached hydrogen (secondary N) is 1. The number of hydrogen-bond acceptors (Lipinski definition) is 2. The summed E-state index contributed by atoms with van der Waals surface area (Å²) in [5, 5.41) is 3.70. The largest absolute Gasteiger partial charge is 0.482 e. The molecule has 21 heavy (non-hydrogen) atoms. The van der Waals surface area contributed by atoms with Crippen LogP contribution in [0.15, 0.2) is 36.4 Å². The van der Waals surface area contributed by atoms with Crippen LogP contribution in [0.25, 0.3) is 0 Å². The van der Waals surface area contributed by atoms with Crippen molar-refractivity contribution in [3.05, 3.63) is 57.6 Å². The highest BCUT2D eigenvalue weighted by Crippen LogP contribution is 2.27. The van der Waals surface area contributed by atoms with Gasteiger partial charge in [0.2, 0.25) is 0 Å². The van der Waals surface area contributed by atoms with Gasteiger partial charge in [-0.2, -0.15) is 0 Å². The third-order valence-electron chi connectivity index (χ3n) is 2.91. The smallest absolute Gasteiger partial charge is 0.262 e. The Kier molecular flexibility index (Phi) is 5.10. The molecule has 5 heteroatoms. The Balaban J connectivity index is 1.96. The Bertz CT molecular complexity index is 671. The molecule has 0 heterocycles. The molecule has 0 aliphatic carbocycles. The molecule has 0 saturated heterocycles. The second kappa shape index (κ2) is 6.83. The van der Waals surface area contributed by atoms with Gasteiger partial charge in [-0.25, -0.2) is 0 Å². The van der Waals surface area contributed by atoms with Gasteiger partial charge < -0.3 is 10.1 Å². The Labute approximate surface area is 133 Å². The van der Waals surface area contributed by atoms with Crippen molar-refractivity contribution in [2.75, 3.05) is 11.9 Å². The van der Waals surface area contributed by atoms with Crippen LogP contribution in [0.3, 0.4) is 0 Å². The topological polar surface area (TPSA) is 38.3 Å². The van der Waals surface area contributed by atoms with E-state index in [2.05, 4.69) is 5.32 Å². The number of benzene rings is 2. The maximum atomic E-state index is 11.9. The molecule has 3 nitrogen and oxygen atoms in total. The van der Waals surface area contributed by atoms with E-state index in [1.54, 1.807) is 18.2 Å². The number of carbonyl (C=O) groups excluding carboxylic acids is 1. The SMILES string of the molecule is Cc1ccc(NC(=O)COc2ccc(Cl)cc2Cl)c(C)c1. The lowest BCUT2D eigenvalue weighted by molar-refractivity contribution is -0.118. The molecule has 0 unspecified atom stereocenters. The molecule has 2 aromatic rings. The number of ether oxygens (including phenoxy) is 1. The van der Waals surface area contributed by atoms with Crippen LogP contribution in [0.5, 0.6) is 5.75 Å². The van der Waals surface area contributed by atoms with E-state index in [9.17, 15) is 4.79 Å². The molecule has 0 aromatic heterocycles. The minimum absolute atomic E-state index is 0.116. The molecule has 0 fully saturated rings. The zero-order chi connectivity index (χ0) is 15.4. The first-order chi connectivity index (χ1) is 9.95. The van der Waals surface area contributed by atoms with E-state index in [1.807, 2.05) is 32.0 Å². The van der Waals surface area contributed by atoms with Crippen LogP contribution in [0, 0.1) is 13.8 Å². The highest BCUT2D eigenvalue weighted by Gasteiger charge is 2.08. The lowest BCUT2D eigenvalue weighted by Gasteiger charge is -2.11. The maximum absolute atomic E-state index is 11.9. The molecule has 0 spiro atoms. The zero-order valence-electron chi connectivity index (χ0n) is 11.7. The van der Waals surface area contributed by atoms with E-state index in [4.69, 9.17) is 27.9 Å². The van der Waals surface area contributed by atoms with Crippen LogP contribution in [0.2, 0.25) is 10.0 Å². The molecular weight excluding hydrogens is 309 g/mol. The summed E-state index contributed by atoms with van der Waals surface area (Å²) in [6.07, 6.45) is 0. The average molecular weight is 324 g/mol. The summed E-state index contributed by atoms with van der Waals surface area (Å²) in [4.78, 5) is 11.9. The summed E-state index contributed by atoms with van der Waals surface area (Å²) in [6, 6.07) is 10.7. The molecule has 1 N–H and O–H groups in total. The summed E-state index contributed by atoms with van der Waals surface area (Å²) in [7, 11) is 0. The number of aryl methyl sites for hydroxylation is 2. The van der Waals surface area contributed by atoms with Crippen LogP contribution < -0.4 is 10.1 Å². The number of carbonyl (C=O) groups is 1. The first-order valence-electron chi connectivity index (χ1n) is 6.40. The van der Waals surface area contributed by atoms with Crippen LogP contribution in [-0.4, -0.2) is 12.5 Å². The van der Waals surface area contributed by atoms with Gasteiger partial charge in [0.05, 0.1) is 5.02 Å². The summed E-state index contributed by atoms with van der Waals surface area (Å²) >= 11 is 11.8. The molecule has 2 rings (SSSR count). The van der Waals surface area contributed by atoms with E-state index in [-0.39, 0.29) is 12.5 Å². The number of halogens is 2. The van der Waals surface area contributed by atoms with Crippen molar-refractivity contribution in [2.45, 2.75) is 13.8 Å². The fourth-order valence-electron chi connectivity index (χ4n) is 1.88. The molecule has 0 atom stereocenters. The third-order valence-corrected chi connectivity index (χ3v) is 3.44. The molecule has 0 aliphatic heterocycles. The minimum atomic E-state index is -0.243. The molecule has 0 saturated carbocycles. The second-order valence-corrected chi connectivity index (χ2v) is 5.57. The highest BCUT2D eigenvalue weighted by molar-refractivity contribution is 6.35. The molecule has 1 amide bonds. The van der Waals surface area contributed by atoms with Gasteiger partial charge in [0, 0.05) is 10.7 Å². The van der Waals surface area contributed by atoms with Crippen LogP contribution >= 0.6 is 23.2 Å². The Morgan fingerprint density at radius 1 is 1.14 bits per heavy atom. The fourth-order valence-corrected chi connectivity index (χ4v) is 2.34. The second-order valence-electron chi connectivity index (χ2n) is 4.73. The molecular formula is C16H15Cl2NO2. The first-order valence-corrected chi connectivity index (χ1v) is 7.16. The summed E-state index contributed by atoms with van der Waals surface area (Å²) < 4.78 is 5.39. The van der Waals surface area contributed by atoms with Crippen molar-refractivity contribution in [2.24, 2.45) is 0 Å². The van der Waals surface area contributed by atoms with E-state index in [0.29, 0.717) is 15.8 Å². The van der Waals surface area contributed by atoms with E-state index in [1.165, 1.54) is 0 Å². The van der Waals surface area contributed by atoms with Crippen LogP contribution in [0.1, 0.15) is 11.1 Å². The van der Waals surface area contributed by atoms with Gasteiger partial charge in [0.1, 0.15) is 5.75 Å². The number of rotatable bonds is 4. The molecule has 0 aliphatic rings. The Morgan fingerprint density at radius 2 is 1.90 bits per heavy atom. The third kappa shape index (κ3) is 4.38. The molecule has 0 radical (unpaired) electrons. The quantitative estimate of drug-likeness (QED) is 0.890. The van der Waals surface area contributed by atoms with Gasteiger partial charge in [-0.1, -0.05) is 40.9 Å². The van der Waals surface area contributed by atoms with Gasteiger partial charge in [-0.15, -0.1) is 0 Å². The standard InChI is InChI=1S/C16H15Cl2NO2/c1-10-3-5-14(11(2)7-10)19-16(20)9-21-15-6-4-12(17)8-13(15)18/h3-8H,9H2,1-2H3,(H,19,20). The van der Waals surface area contributed by atoms with Crippen molar-refractivity contribution in [1.29, 1.82) is 0 Å². The lowest BCUT2D eigenvalue weighted by Crippen LogP contribution is -2.20. The highest BCUT2D eigenvalue weighted by atomic mass is 35.5. The summed E-state index contributed by atoms with van der Waals surface area (Å²) in [6.45, 7) is 3.83. The van der Waals surface area contributed by atoms with Crippen molar-refractivity contribution in [3.63, 3.8) is 0 Å². The number of hydrogen-bond donors (Lipinski definition) is 1. The van der Waals surface area contributed by atoms with Crippen molar-refractivity contribution in [1.82, 2.24) is 0 Å². The maximum Gasteiger partial charge on any atom is 0.262 e. The number of anilines is 1. The van der Waals surface area contributed by atoms with Crippen molar-refractivity contribution >= 4 is 34.8 Å². The number of amides is 1. The predicted molar refractivity (Wildman–Crippen MR) is 86.5 cm³/mol. The lowest BCUT2D eigenvalue weighted by atomic mass is 10.1. The summed E-state index contributed by atoms with van der Waals surface area (Å²) in [5.74, 6) is 0.185. The van der Waals surface area contributed by atoms with Gasteiger partial charge in [0.25, 0.3) is 5.91 Å². The van der Waals surface area contributed by atoms with Crippen molar-refractivity contribution < 1.29 is 9.53 Å². The Morgan fingerprint density at radius 3 is 2.57 bits per heavy atom. The van der Waals surface area contributed by atoms with Crippen molar-refractivity contribution in [3.8, 4) is 5.75 Å². The monoisotopic (exact) mass is 323 g/mol. The van der Waals surface area contributed by atoms with Gasteiger partial charge in [-0.05, 0) is 43.7 Å². The summed E-state index contributed by atoms with van der Waals surface area (Å²) in [5.41, 5.74) is 2.93. The van der Waals surface area contributed by atoms with E-state index < -0.39 is 0 Å². The van der Waals surface area contributed by atoms with Crippen LogP contribution in [0.4, 0.5) is 5.69 Å². The zero-order valence-corrected chi connectivity index (χ0v) is 13.3. The normalized spacial score (nSPS) is 10.3.